The smallest absolute Gasteiger partial charge is 0.124 e. The summed E-state index contributed by atoms with van der Waals surface area (Å²) >= 11 is 5.95. The highest BCUT2D eigenvalue weighted by Gasteiger charge is 2.26. The maximum absolute atomic E-state index is 5.95. The molecule has 2 atom stereocenters. The van der Waals surface area contributed by atoms with Crippen LogP contribution in [0.2, 0.25) is 5.02 Å². The van der Waals surface area contributed by atoms with Crippen LogP contribution in [-0.2, 0) is 0 Å². The molecule has 3 rings (SSSR count). The van der Waals surface area contributed by atoms with Crippen LogP contribution in [0.3, 0.4) is 0 Å². The Morgan fingerprint density at radius 2 is 2.31 bits per heavy atom. The third-order valence-corrected chi connectivity index (χ3v) is 3.52. The van der Waals surface area contributed by atoms with Gasteiger partial charge in [-0.25, -0.2) is 4.98 Å². The average Bonchev–Trinajstić information content (AvgIpc) is 2.82. The quantitative estimate of drug-likeness (QED) is 0.798. The van der Waals surface area contributed by atoms with Crippen LogP contribution in [-0.4, -0.2) is 16.5 Å². The number of hydrogen-bond donors (Lipinski definition) is 2. The number of benzene rings is 1. The van der Waals surface area contributed by atoms with Crippen molar-refractivity contribution in [3.05, 3.63) is 29.0 Å². The Bertz CT molecular complexity index is 520. The third kappa shape index (κ3) is 1.60. The Morgan fingerprint density at radius 3 is 3.06 bits per heavy atom. The number of aromatic nitrogens is 2. The summed E-state index contributed by atoms with van der Waals surface area (Å²) in [7, 11) is 0. The first-order chi connectivity index (χ1) is 7.74. The molecule has 1 aromatic heterocycles. The van der Waals surface area contributed by atoms with Crippen LogP contribution in [0.25, 0.3) is 11.0 Å². The van der Waals surface area contributed by atoms with Crippen LogP contribution in [0.5, 0.6) is 0 Å². The molecule has 3 nitrogen and oxygen atoms in total. The fourth-order valence-electron chi connectivity index (χ4n) is 2.35. The van der Waals surface area contributed by atoms with Crippen molar-refractivity contribution in [1.29, 1.82) is 0 Å². The second kappa shape index (κ2) is 3.75. The monoisotopic (exact) mass is 235 g/mol. The van der Waals surface area contributed by atoms with E-state index in [1.54, 1.807) is 0 Å². The molecule has 1 saturated heterocycles. The molecule has 2 heterocycles. The van der Waals surface area contributed by atoms with Crippen LogP contribution in [0.1, 0.15) is 25.2 Å². The highest BCUT2D eigenvalue weighted by atomic mass is 35.5. The molecule has 0 bridgehead atoms. The van der Waals surface area contributed by atoms with E-state index < -0.39 is 0 Å². The van der Waals surface area contributed by atoms with E-state index in [9.17, 15) is 0 Å². The number of fused-ring (bicyclic) bond motifs is 1. The van der Waals surface area contributed by atoms with Gasteiger partial charge in [-0.2, -0.15) is 0 Å². The van der Waals surface area contributed by atoms with Crippen LogP contribution in [0.15, 0.2) is 18.2 Å². The summed E-state index contributed by atoms with van der Waals surface area (Å²) in [5.41, 5.74) is 2.00. The number of aromatic amines is 1. The molecule has 2 unspecified atom stereocenters. The first-order valence-electron chi connectivity index (χ1n) is 5.62. The first-order valence-corrected chi connectivity index (χ1v) is 6.00. The van der Waals surface area contributed by atoms with Crippen molar-refractivity contribution in [3.63, 3.8) is 0 Å². The van der Waals surface area contributed by atoms with Crippen LogP contribution in [0.4, 0.5) is 0 Å². The maximum Gasteiger partial charge on any atom is 0.124 e. The molecule has 2 aromatic rings. The molecule has 0 spiro atoms. The van der Waals surface area contributed by atoms with E-state index >= 15 is 0 Å². The molecule has 0 amide bonds. The van der Waals surface area contributed by atoms with E-state index in [2.05, 4.69) is 22.2 Å². The van der Waals surface area contributed by atoms with Gasteiger partial charge in [-0.3, -0.25) is 0 Å². The predicted molar refractivity (Wildman–Crippen MR) is 65.6 cm³/mol. The minimum Gasteiger partial charge on any atom is -0.341 e. The summed E-state index contributed by atoms with van der Waals surface area (Å²) in [5.74, 6) is 1.67. The SMILES string of the molecule is CC1CCNC1c1nc2ccc(Cl)cc2[nH]1. The lowest BCUT2D eigenvalue weighted by atomic mass is 10.0. The molecule has 4 heteroatoms. The minimum absolute atomic E-state index is 0.353. The zero-order valence-electron chi connectivity index (χ0n) is 9.13. The fraction of sp³-hybridized carbons (Fsp3) is 0.417. The van der Waals surface area contributed by atoms with Gasteiger partial charge in [0.25, 0.3) is 0 Å². The second-order valence-electron chi connectivity index (χ2n) is 4.48. The van der Waals surface area contributed by atoms with E-state index in [1.807, 2.05) is 18.2 Å². The lowest BCUT2D eigenvalue weighted by molar-refractivity contribution is 0.484. The van der Waals surface area contributed by atoms with Gasteiger partial charge in [0.15, 0.2) is 0 Å². The summed E-state index contributed by atoms with van der Waals surface area (Å²) in [5, 5.41) is 4.22. The highest BCUT2D eigenvalue weighted by molar-refractivity contribution is 6.31. The molecule has 2 N–H and O–H groups in total. The van der Waals surface area contributed by atoms with Gasteiger partial charge >= 0.3 is 0 Å². The highest BCUT2D eigenvalue weighted by Crippen LogP contribution is 2.29. The lowest BCUT2D eigenvalue weighted by Gasteiger charge is -2.11. The Hall–Kier alpha value is -1.06. The van der Waals surface area contributed by atoms with Crippen molar-refractivity contribution in [2.75, 3.05) is 6.54 Å². The van der Waals surface area contributed by atoms with E-state index in [0.717, 1.165) is 28.4 Å². The van der Waals surface area contributed by atoms with Crippen LogP contribution in [0, 0.1) is 5.92 Å². The zero-order chi connectivity index (χ0) is 11.1. The van der Waals surface area contributed by atoms with Crippen molar-refractivity contribution in [2.45, 2.75) is 19.4 Å². The second-order valence-corrected chi connectivity index (χ2v) is 4.92. The topological polar surface area (TPSA) is 40.7 Å². The third-order valence-electron chi connectivity index (χ3n) is 3.29. The van der Waals surface area contributed by atoms with Gasteiger partial charge in [-0.15, -0.1) is 0 Å². The van der Waals surface area contributed by atoms with Gasteiger partial charge in [-0.05, 0) is 37.1 Å². The number of nitrogens with zero attached hydrogens (tertiary/aromatic N) is 1. The largest absolute Gasteiger partial charge is 0.341 e. The molecular formula is C12H14ClN3. The predicted octanol–water partition coefficient (Wildman–Crippen LogP) is 2.89. The first kappa shape index (κ1) is 10.1. The van der Waals surface area contributed by atoms with Gasteiger partial charge in [0.05, 0.1) is 17.1 Å². The molecule has 0 radical (unpaired) electrons. The Balaban J connectivity index is 2.04. The van der Waals surface area contributed by atoms with E-state index in [1.165, 1.54) is 6.42 Å². The number of imidazole rings is 1. The van der Waals surface area contributed by atoms with Crippen LogP contribution < -0.4 is 5.32 Å². The molecule has 1 aliphatic heterocycles. The molecule has 1 aliphatic rings. The molecular weight excluding hydrogens is 222 g/mol. The summed E-state index contributed by atoms with van der Waals surface area (Å²) in [6.45, 7) is 3.33. The normalized spacial score (nSPS) is 25.4. The number of nitrogens with one attached hydrogen (secondary N) is 2. The number of H-pyrrole nitrogens is 1. The number of halogens is 1. The lowest BCUT2D eigenvalue weighted by Crippen LogP contribution is -2.17. The molecule has 0 saturated carbocycles. The minimum atomic E-state index is 0.353. The average molecular weight is 236 g/mol. The van der Waals surface area contributed by atoms with Crippen molar-refractivity contribution < 1.29 is 0 Å². The summed E-state index contributed by atoms with van der Waals surface area (Å²) < 4.78 is 0. The van der Waals surface area contributed by atoms with Gasteiger partial charge in [-0.1, -0.05) is 18.5 Å². The molecule has 0 aliphatic carbocycles. The van der Waals surface area contributed by atoms with Gasteiger partial charge < -0.3 is 10.3 Å². The van der Waals surface area contributed by atoms with E-state index in [-0.39, 0.29) is 0 Å². The standard InChI is InChI=1S/C12H14ClN3/c1-7-4-5-14-11(7)12-15-9-3-2-8(13)6-10(9)16-12/h2-3,6-7,11,14H,4-5H2,1H3,(H,15,16). The summed E-state index contributed by atoms with van der Waals surface area (Å²) in [4.78, 5) is 7.96. The van der Waals surface area contributed by atoms with E-state index in [4.69, 9.17) is 11.6 Å². The number of hydrogen-bond acceptors (Lipinski definition) is 2. The van der Waals surface area contributed by atoms with Crippen molar-refractivity contribution in [2.24, 2.45) is 5.92 Å². The van der Waals surface area contributed by atoms with E-state index in [0.29, 0.717) is 12.0 Å². The molecule has 16 heavy (non-hydrogen) atoms. The zero-order valence-corrected chi connectivity index (χ0v) is 9.88. The van der Waals surface area contributed by atoms with Crippen molar-refractivity contribution >= 4 is 22.6 Å². The van der Waals surface area contributed by atoms with Crippen molar-refractivity contribution in [3.8, 4) is 0 Å². The van der Waals surface area contributed by atoms with Gasteiger partial charge in [0.1, 0.15) is 5.82 Å². The summed E-state index contributed by atoms with van der Waals surface area (Å²) in [6.07, 6.45) is 1.21. The Kier molecular flexibility index (Phi) is 2.37. The number of rotatable bonds is 1. The molecule has 1 aromatic carbocycles. The van der Waals surface area contributed by atoms with Gasteiger partial charge in [0, 0.05) is 5.02 Å². The maximum atomic E-state index is 5.95. The van der Waals surface area contributed by atoms with Crippen molar-refractivity contribution in [1.82, 2.24) is 15.3 Å². The summed E-state index contributed by atoms with van der Waals surface area (Å²) in [6, 6.07) is 6.11. The Labute approximate surface area is 99.2 Å². The van der Waals surface area contributed by atoms with Gasteiger partial charge in [0.2, 0.25) is 0 Å². The van der Waals surface area contributed by atoms with Crippen LogP contribution >= 0.6 is 11.6 Å². The fourth-order valence-corrected chi connectivity index (χ4v) is 2.52. The molecule has 84 valence electrons. The molecule has 1 fully saturated rings. The Morgan fingerprint density at radius 1 is 1.44 bits per heavy atom.